The van der Waals surface area contributed by atoms with Gasteiger partial charge in [-0.15, -0.1) is 11.8 Å². The predicted octanol–water partition coefficient (Wildman–Crippen LogP) is 3.16. The second-order valence-corrected chi connectivity index (χ2v) is 8.55. The van der Waals surface area contributed by atoms with Crippen molar-refractivity contribution in [3.63, 3.8) is 0 Å². The van der Waals surface area contributed by atoms with Crippen LogP contribution in [-0.4, -0.2) is 51.9 Å². The van der Waals surface area contributed by atoms with Crippen LogP contribution in [0.3, 0.4) is 0 Å². The molecule has 0 bridgehead atoms. The van der Waals surface area contributed by atoms with Crippen LogP contribution in [0.4, 0.5) is 0 Å². The lowest BCUT2D eigenvalue weighted by Crippen LogP contribution is -2.54. The van der Waals surface area contributed by atoms with E-state index < -0.39 is 0 Å². The van der Waals surface area contributed by atoms with E-state index in [2.05, 4.69) is 4.90 Å². The van der Waals surface area contributed by atoms with E-state index in [9.17, 15) is 9.59 Å². The van der Waals surface area contributed by atoms with Crippen LogP contribution in [0.15, 0.2) is 24.3 Å². The first-order chi connectivity index (χ1) is 11.4. The van der Waals surface area contributed by atoms with Crippen LogP contribution < -0.4 is 0 Å². The molecule has 0 N–H and O–H groups in total. The highest BCUT2D eigenvalue weighted by atomic mass is 32.2. The second kappa shape index (κ2) is 6.79. The summed E-state index contributed by atoms with van der Waals surface area (Å²) in [6.07, 6.45) is 1.74. The number of amides is 2. The van der Waals surface area contributed by atoms with Gasteiger partial charge in [0, 0.05) is 36.9 Å². The third kappa shape index (κ3) is 3.18. The highest BCUT2D eigenvalue weighted by Gasteiger charge is 2.47. The van der Waals surface area contributed by atoms with E-state index in [0.717, 1.165) is 49.4 Å². The van der Waals surface area contributed by atoms with Crippen LogP contribution in [0.1, 0.15) is 42.6 Å². The molecular weight excluding hydrogens is 320 g/mol. The lowest BCUT2D eigenvalue weighted by molar-refractivity contribution is -0.136. The Hall–Kier alpha value is -1.49. The maximum absolute atomic E-state index is 13.0. The molecule has 130 valence electrons. The summed E-state index contributed by atoms with van der Waals surface area (Å²) in [6.45, 7) is 8.23. The molecule has 2 aliphatic rings. The fourth-order valence-electron chi connectivity index (χ4n) is 3.60. The van der Waals surface area contributed by atoms with Crippen LogP contribution >= 0.6 is 11.8 Å². The second-order valence-electron chi connectivity index (χ2n) is 7.10. The van der Waals surface area contributed by atoms with E-state index in [4.69, 9.17) is 0 Å². The van der Waals surface area contributed by atoms with E-state index in [1.807, 2.05) is 61.7 Å². The number of carbonyl (C=O) groups is 2. The molecule has 2 heterocycles. The van der Waals surface area contributed by atoms with Gasteiger partial charge in [0.15, 0.2) is 0 Å². The highest BCUT2D eigenvalue weighted by Crippen LogP contribution is 2.44. The Balaban J connectivity index is 1.73. The smallest absolute Gasteiger partial charge is 0.254 e. The average molecular weight is 346 g/mol. The van der Waals surface area contributed by atoms with E-state index in [1.165, 1.54) is 0 Å². The van der Waals surface area contributed by atoms with Gasteiger partial charge in [-0.3, -0.25) is 9.59 Å². The Kier molecular flexibility index (Phi) is 4.90. The van der Waals surface area contributed by atoms with Crippen molar-refractivity contribution in [2.75, 3.05) is 25.4 Å². The van der Waals surface area contributed by atoms with Gasteiger partial charge in [-0.05, 0) is 31.9 Å². The minimum Gasteiger partial charge on any atom is -0.342 e. The zero-order valence-corrected chi connectivity index (χ0v) is 15.6. The predicted molar refractivity (Wildman–Crippen MR) is 98.1 cm³/mol. The van der Waals surface area contributed by atoms with Gasteiger partial charge in [0.05, 0.1) is 4.87 Å². The Morgan fingerprint density at radius 1 is 1.08 bits per heavy atom. The third-order valence-electron chi connectivity index (χ3n) is 5.07. The average Bonchev–Trinajstić information content (AvgIpc) is 2.98. The van der Waals surface area contributed by atoms with Crippen molar-refractivity contribution in [1.29, 1.82) is 0 Å². The Labute approximate surface area is 148 Å². The molecule has 5 heteroatoms. The van der Waals surface area contributed by atoms with Crippen molar-refractivity contribution < 1.29 is 9.59 Å². The molecule has 24 heavy (non-hydrogen) atoms. The fourth-order valence-corrected chi connectivity index (χ4v) is 5.06. The molecular formula is C19H26N2O2S. The number of nitrogens with zero attached hydrogens (tertiary/aromatic N) is 2. The number of benzene rings is 1. The number of aryl methyl sites for hydroxylation is 1. The molecule has 2 amide bonds. The van der Waals surface area contributed by atoms with Crippen LogP contribution in [-0.2, 0) is 4.79 Å². The molecule has 0 radical (unpaired) electrons. The number of carbonyl (C=O) groups excluding carboxylic acids is 2. The lowest BCUT2D eigenvalue weighted by Gasteiger charge is -2.44. The molecule has 2 saturated heterocycles. The molecule has 1 aromatic carbocycles. The summed E-state index contributed by atoms with van der Waals surface area (Å²) >= 11 is 1.89. The standard InChI is InChI=1S/C19H26N2O2S/c1-14(2)17(22)20-10-8-19(9-11-20)21(12-13-24-19)18(23)16-6-4-15(3)5-7-16/h4-7,14H,8-13H2,1-3H3. The minimum absolute atomic E-state index is 0.0422. The summed E-state index contributed by atoms with van der Waals surface area (Å²) in [5, 5.41) is 0. The van der Waals surface area contributed by atoms with Crippen LogP contribution in [0.2, 0.25) is 0 Å². The SMILES string of the molecule is Cc1ccc(C(=O)N2CCSC23CCN(C(=O)C(C)C)CC3)cc1. The van der Waals surface area contributed by atoms with Gasteiger partial charge >= 0.3 is 0 Å². The van der Waals surface area contributed by atoms with Crippen molar-refractivity contribution in [2.45, 2.75) is 38.5 Å². The summed E-state index contributed by atoms with van der Waals surface area (Å²) < 4.78 is 0. The van der Waals surface area contributed by atoms with E-state index in [-0.39, 0.29) is 22.6 Å². The number of likely N-dealkylation sites (tertiary alicyclic amines) is 1. The lowest BCUT2D eigenvalue weighted by atomic mass is 9.99. The number of hydrogen-bond donors (Lipinski definition) is 0. The van der Waals surface area contributed by atoms with Crippen LogP contribution in [0.25, 0.3) is 0 Å². The summed E-state index contributed by atoms with van der Waals surface area (Å²) in [5.74, 6) is 1.38. The van der Waals surface area contributed by atoms with Crippen molar-refractivity contribution in [3.8, 4) is 0 Å². The maximum Gasteiger partial charge on any atom is 0.254 e. The molecule has 3 rings (SSSR count). The van der Waals surface area contributed by atoms with Crippen molar-refractivity contribution in [3.05, 3.63) is 35.4 Å². The molecule has 0 saturated carbocycles. The van der Waals surface area contributed by atoms with Crippen molar-refractivity contribution in [2.24, 2.45) is 5.92 Å². The number of rotatable bonds is 2. The molecule has 0 aliphatic carbocycles. The van der Waals surface area contributed by atoms with Gasteiger partial charge in [0.25, 0.3) is 5.91 Å². The molecule has 1 aromatic rings. The molecule has 4 nitrogen and oxygen atoms in total. The molecule has 1 spiro atoms. The van der Waals surface area contributed by atoms with Gasteiger partial charge in [-0.25, -0.2) is 0 Å². The van der Waals surface area contributed by atoms with E-state index in [1.54, 1.807) is 0 Å². The first-order valence-electron chi connectivity index (χ1n) is 8.74. The van der Waals surface area contributed by atoms with Gasteiger partial charge in [0.2, 0.25) is 5.91 Å². The third-order valence-corrected chi connectivity index (χ3v) is 6.62. The molecule has 0 aromatic heterocycles. The maximum atomic E-state index is 13.0. The van der Waals surface area contributed by atoms with E-state index >= 15 is 0 Å². The summed E-state index contributed by atoms with van der Waals surface area (Å²) in [5.41, 5.74) is 1.93. The topological polar surface area (TPSA) is 40.6 Å². The zero-order chi connectivity index (χ0) is 17.3. The molecule has 2 aliphatic heterocycles. The highest BCUT2D eigenvalue weighted by molar-refractivity contribution is 8.00. The summed E-state index contributed by atoms with van der Waals surface area (Å²) in [7, 11) is 0. The van der Waals surface area contributed by atoms with Crippen LogP contribution in [0.5, 0.6) is 0 Å². The fraction of sp³-hybridized carbons (Fsp3) is 0.579. The monoisotopic (exact) mass is 346 g/mol. The zero-order valence-electron chi connectivity index (χ0n) is 14.7. The Morgan fingerprint density at radius 2 is 1.71 bits per heavy atom. The van der Waals surface area contributed by atoms with Crippen molar-refractivity contribution >= 4 is 23.6 Å². The Bertz CT molecular complexity index is 619. The van der Waals surface area contributed by atoms with E-state index in [0.29, 0.717) is 0 Å². The molecule has 0 unspecified atom stereocenters. The minimum atomic E-state index is -0.129. The number of thioether (sulfide) groups is 1. The number of piperidine rings is 1. The summed E-state index contributed by atoms with van der Waals surface area (Å²) in [6, 6.07) is 7.83. The number of hydrogen-bond acceptors (Lipinski definition) is 3. The Morgan fingerprint density at radius 3 is 2.29 bits per heavy atom. The quantitative estimate of drug-likeness (QED) is 0.826. The normalized spacial score (nSPS) is 20.0. The van der Waals surface area contributed by atoms with Gasteiger partial charge in [-0.2, -0.15) is 0 Å². The first kappa shape index (κ1) is 17.3. The van der Waals surface area contributed by atoms with Gasteiger partial charge in [-0.1, -0.05) is 31.5 Å². The largest absolute Gasteiger partial charge is 0.342 e. The first-order valence-corrected chi connectivity index (χ1v) is 9.73. The van der Waals surface area contributed by atoms with Crippen LogP contribution in [0, 0.1) is 12.8 Å². The van der Waals surface area contributed by atoms with Gasteiger partial charge < -0.3 is 9.80 Å². The molecule has 2 fully saturated rings. The molecule has 0 atom stereocenters. The van der Waals surface area contributed by atoms with Crippen molar-refractivity contribution in [1.82, 2.24) is 9.80 Å². The van der Waals surface area contributed by atoms with Gasteiger partial charge in [0.1, 0.15) is 0 Å². The summed E-state index contributed by atoms with van der Waals surface area (Å²) in [4.78, 5) is 29.1.